The van der Waals surface area contributed by atoms with Crippen molar-refractivity contribution in [1.82, 2.24) is 0 Å². The molecule has 0 aliphatic heterocycles. The van der Waals surface area contributed by atoms with Crippen LogP contribution in [0.3, 0.4) is 0 Å². The largest absolute Gasteiger partial charge is 0.367 e. The monoisotopic (exact) mass is 260 g/mol. The van der Waals surface area contributed by atoms with Gasteiger partial charge in [0.2, 0.25) is 0 Å². The van der Waals surface area contributed by atoms with Crippen molar-refractivity contribution in [2.75, 3.05) is 5.32 Å². The molecule has 0 amide bonds. The summed E-state index contributed by atoms with van der Waals surface area (Å²) >= 11 is 0. The lowest BCUT2D eigenvalue weighted by molar-refractivity contribution is 0.229. The normalized spacial score (nSPS) is 30.7. The van der Waals surface area contributed by atoms with E-state index in [9.17, 15) is 9.65 Å². The quantitative estimate of drug-likeness (QED) is 0.862. The summed E-state index contributed by atoms with van der Waals surface area (Å²) in [5.74, 6) is 0.544. The van der Waals surface area contributed by atoms with E-state index in [2.05, 4.69) is 25.2 Å². The zero-order valence-corrected chi connectivity index (χ0v) is 11.8. The predicted molar refractivity (Wildman–Crippen MR) is 75.3 cm³/mol. The lowest BCUT2D eigenvalue weighted by Crippen LogP contribution is -2.47. The Morgan fingerprint density at radius 3 is 2.68 bits per heavy atom. The lowest BCUT2D eigenvalue weighted by Gasteiger charge is -2.41. The Kier molecular flexibility index (Phi) is 3.80. The first kappa shape index (κ1) is 13.9. The van der Waals surface area contributed by atoms with Crippen LogP contribution in [0.25, 0.3) is 0 Å². The van der Waals surface area contributed by atoms with Crippen LogP contribution >= 0.6 is 0 Å². The third-order valence-corrected chi connectivity index (χ3v) is 4.21. The SMILES string of the molecule is Cc1cc(F)cc(NC2(C#N)CC(C)CCC2C)c1. The van der Waals surface area contributed by atoms with Crippen molar-refractivity contribution in [3.05, 3.63) is 29.6 Å². The average molecular weight is 260 g/mol. The number of anilines is 1. The lowest BCUT2D eigenvalue weighted by atomic mass is 9.70. The number of rotatable bonds is 2. The van der Waals surface area contributed by atoms with Gasteiger partial charge in [-0.2, -0.15) is 5.26 Å². The van der Waals surface area contributed by atoms with E-state index in [4.69, 9.17) is 0 Å². The van der Waals surface area contributed by atoms with E-state index in [1.165, 1.54) is 12.1 Å². The Morgan fingerprint density at radius 2 is 2.05 bits per heavy atom. The highest BCUT2D eigenvalue weighted by atomic mass is 19.1. The molecule has 0 saturated heterocycles. The van der Waals surface area contributed by atoms with Crippen molar-refractivity contribution >= 4 is 5.69 Å². The van der Waals surface area contributed by atoms with Crippen LogP contribution in [0.5, 0.6) is 0 Å². The fourth-order valence-electron chi connectivity index (χ4n) is 3.06. The van der Waals surface area contributed by atoms with Crippen LogP contribution in [-0.4, -0.2) is 5.54 Å². The van der Waals surface area contributed by atoms with Crippen LogP contribution in [0.1, 0.15) is 38.7 Å². The predicted octanol–water partition coefficient (Wildman–Crippen LogP) is 4.26. The zero-order chi connectivity index (χ0) is 14.0. The topological polar surface area (TPSA) is 35.8 Å². The van der Waals surface area contributed by atoms with E-state index >= 15 is 0 Å². The van der Waals surface area contributed by atoms with Gasteiger partial charge in [-0.25, -0.2) is 4.39 Å². The summed E-state index contributed by atoms with van der Waals surface area (Å²) in [6.45, 7) is 6.14. The van der Waals surface area contributed by atoms with Gasteiger partial charge in [-0.05, 0) is 55.4 Å². The molecule has 1 aromatic rings. The molecule has 1 N–H and O–H groups in total. The molecular formula is C16H21FN2. The average Bonchev–Trinajstić information content (AvgIpc) is 2.32. The second kappa shape index (κ2) is 5.21. The van der Waals surface area contributed by atoms with Gasteiger partial charge in [-0.3, -0.25) is 0 Å². The molecule has 0 aromatic heterocycles. The number of aryl methyl sites for hydroxylation is 1. The first-order valence-electron chi connectivity index (χ1n) is 6.92. The maximum Gasteiger partial charge on any atom is 0.128 e. The van der Waals surface area contributed by atoms with Crippen molar-refractivity contribution < 1.29 is 4.39 Å². The highest BCUT2D eigenvalue weighted by molar-refractivity contribution is 5.50. The number of hydrogen-bond donors (Lipinski definition) is 1. The molecular weight excluding hydrogens is 239 g/mol. The summed E-state index contributed by atoms with van der Waals surface area (Å²) < 4.78 is 13.5. The van der Waals surface area contributed by atoms with E-state index < -0.39 is 5.54 Å². The third kappa shape index (κ3) is 2.89. The van der Waals surface area contributed by atoms with E-state index in [0.29, 0.717) is 11.6 Å². The summed E-state index contributed by atoms with van der Waals surface area (Å²) in [7, 11) is 0. The molecule has 1 aliphatic carbocycles. The number of nitriles is 1. The van der Waals surface area contributed by atoms with Crippen LogP contribution in [0.2, 0.25) is 0 Å². The summed E-state index contributed by atoms with van der Waals surface area (Å²) in [5.41, 5.74) is 1.00. The highest BCUT2D eigenvalue weighted by Crippen LogP contribution is 2.39. The summed E-state index contributed by atoms with van der Waals surface area (Å²) in [6, 6.07) is 7.32. The van der Waals surface area contributed by atoms with E-state index in [1.807, 2.05) is 13.0 Å². The second-order valence-corrected chi connectivity index (χ2v) is 6.01. The molecule has 0 spiro atoms. The molecule has 1 aromatic carbocycles. The van der Waals surface area contributed by atoms with Crippen LogP contribution in [0, 0.1) is 35.9 Å². The molecule has 2 nitrogen and oxygen atoms in total. The zero-order valence-electron chi connectivity index (χ0n) is 11.8. The summed E-state index contributed by atoms with van der Waals surface area (Å²) in [6.07, 6.45) is 3.02. The summed E-state index contributed by atoms with van der Waals surface area (Å²) in [4.78, 5) is 0. The van der Waals surface area contributed by atoms with Crippen molar-refractivity contribution in [3.8, 4) is 6.07 Å². The molecule has 3 unspecified atom stereocenters. The Bertz CT molecular complexity index is 486. The standard InChI is InChI=1S/C16H21FN2/c1-11-4-5-13(3)16(9-11,10-18)19-15-7-12(2)6-14(17)8-15/h6-8,11,13,19H,4-5,9H2,1-3H3. The number of nitrogens with zero attached hydrogens (tertiary/aromatic N) is 1. The molecule has 102 valence electrons. The number of benzene rings is 1. The van der Waals surface area contributed by atoms with Gasteiger partial charge in [-0.1, -0.05) is 20.3 Å². The van der Waals surface area contributed by atoms with Crippen molar-refractivity contribution in [3.63, 3.8) is 0 Å². The van der Waals surface area contributed by atoms with Gasteiger partial charge >= 0.3 is 0 Å². The molecule has 0 radical (unpaired) electrons. The van der Waals surface area contributed by atoms with Gasteiger partial charge < -0.3 is 5.32 Å². The minimum atomic E-state index is -0.572. The fourth-order valence-corrected chi connectivity index (χ4v) is 3.06. The molecule has 3 heteroatoms. The minimum Gasteiger partial charge on any atom is -0.367 e. The van der Waals surface area contributed by atoms with Gasteiger partial charge in [0.15, 0.2) is 0 Å². The maximum atomic E-state index is 13.5. The smallest absolute Gasteiger partial charge is 0.128 e. The van der Waals surface area contributed by atoms with E-state index in [0.717, 1.165) is 24.8 Å². The molecule has 1 saturated carbocycles. The number of hydrogen-bond acceptors (Lipinski definition) is 2. The molecule has 19 heavy (non-hydrogen) atoms. The van der Waals surface area contributed by atoms with Gasteiger partial charge in [0.25, 0.3) is 0 Å². The molecule has 3 atom stereocenters. The first-order chi connectivity index (χ1) is 8.95. The van der Waals surface area contributed by atoms with E-state index in [1.54, 1.807) is 0 Å². The molecule has 1 fully saturated rings. The highest BCUT2D eigenvalue weighted by Gasteiger charge is 2.41. The fraction of sp³-hybridized carbons (Fsp3) is 0.562. The third-order valence-electron chi connectivity index (χ3n) is 4.21. The van der Waals surface area contributed by atoms with Crippen LogP contribution in [-0.2, 0) is 0 Å². The van der Waals surface area contributed by atoms with Crippen LogP contribution < -0.4 is 5.32 Å². The Labute approximate surface area is 114 Å². The molecule has 2 rings (SSSR count). The molecule has 0 heterocycles. The van der Waals surface area contributed by atoms with Gasteiger partial charge in [0.05, 0.1) is 6.07 Å². The van der Waals surface area contributed by atoms with Gasteiger partial charge in [-0.15, -0.1) is 0 Å². The minimum absolute atomic E-state index is 0.257. The Morgan fingerprint density at radius 1 is 1.32 bits per heavy atom. The van der Waals surface area contributed by atoms with Crippen molar-refractivity contribution in [2.45, 2.75) is 45.6 Å². The first-order valence-corrected chi connectivity index (χ1v) is 6.92. The van der Waals surface area contributed by atoms with Gasteiger partial charge in [0, 0.05) is 5.69 Å². The number of nitrogens with one attached hydrogen (secondary N) is 1. The molecule has 0 bridgehead atoms. The Balaban J connectivity index is 2.29. The van der Waals surface area contributed by atoms with Crippen LogP contribution in [0.15, 0.2) is 18.2 Å². The van der Waals surface area contributed by atoms with Gasteiger partial charge in [0.1, 0.15) is 11.4 Å². The number of halogens is 1. The summed E-state index contributed by atoms with van der Waals surface area (Å²) in [5, 5.41) is 12.9. The van der Waals surface area contributed by atoms with Crippen LogP contribution in [0.4, 0.5) is 10.1 Å². The second-order valence-electron chi connectivity index (χ2n) is 6.01. The van der Waals surface area contributed by atoms with E-state index in [-0.39, 0.29) is 11.7 Å². The van der Waals surface area contributed by atoms with Crippen molar-refractivity contribution in [1.29, 1.82) is 5.26 Å². The molecule has 1 aliphatic rings. The van der Waals surface area contributed by atoms with Crippen molar-refractivity contribution in [2.24, 2.45) is 11.8 Å². The maximum absolute atomic E-state index is 13.5. The Hall–Kier alpha value is -1.56.